The molecule has 3 heteroatoms. The lowest BCUT2D eigenvalue weighted by Gasteiger charge is -2.34. The highest BCUT2D eigenvalue weighted by Gasteiger charge is 2.26. The van der Waals surface area contributed by atoms with Crippen LogP contribution in [0.4, 0.5) is 0 Å². The molecule has 116 valence electrons. The SMILES string of the molecule is CNCCc1ccc(CN2CCN(CC3CC3)CC2)cc1. The largest absolute Gasteiger partial charge is 0.319 e. The van der Waals surface area contributed by atoms with Crippen molar-refractivity contribution in [2.45, 2.75) is 25.8 Å². The van der Waals surface area contributed by atoms with Crippen LogP contribution in [0.25, 0.3) is 0 Å². The Morgan fingerprint density at radius 1 is 0.952 bits per heavy atom. The topological polar surface area (TPSA) is 18.5 Å². The Kier molecular flexibility index (Phi) is 5.28. The highest BCUT2D eigenvalue weighted by molar-refractivity contribution is 5.22. The zero-order valence-electron chi connectivity index (χ0n) is 13.4. The van der Waals surface area contributed by atoms with Gasteiger partial charge in [0.25, 0.3) is 0 Å². The fourth-order valence-electron chi connectivity index (χ4n) is 3.13. The quantitative estimate of drug-likeness (QED) is 0.827. The van der Waals surface area contributed by atoms with Crippen LogP contribution in [0.1, 0.15) is 24.0 Å². The molecule has 0 atom stereocenters. The van der Waals surface area contributed by atoms with Gasteiger partial charge < -0.3 is 10.2 Å². The lowest BCUT2D eigenvalue weighted by Crippen LogP contribution is -2.46. The predicted molar refractivity (Wildman–Crippen MR) is 88.5 cm³/mol. The molecule has 1 saturated heterocycles. The van der Waals surface area contributed by atoms with E-state index < -0.39 is 0 Å². The zero-order chi connectivity index (χ0) is 14.5. The Bertz CT molecular complexity index is 417. The van der Waals surface area contributed by atoms with Gasteiger partial charge in [-0.2, -0.15) is 0 Å². The normalized spacial score (nSPS) is 20.8. The maximum Gasteiger partial charge on any atom is 0.0234 e. The summed E-state index contributed by atoms with van der Waals surface area (Å²) >= 11 is 0. The van der Waals surface area contributed by atoms with E-state index in [2.05, 4.69) is 39.4 Å². The van der Waals surface area contributed by atoms with Gasteiger partial charge in [-0.15, -0.1) is 0 Å². The van der Waals surface area contributed by atoms with Gasteiger partial charge in [-0.3, -0.25) is 4.90 Å². The van der Waals surface area contributed by atoms with Gasteiger partial charge in [0.15, 0.2) is 0 Å². The third-order valence-corrected chi connectivity index (χ3v) is 4.77. The van der Waals surface area contributed by atoms with Crippen LogP contribution < -0.4 is 5.32 Å². The molecular formula is C18H29N3. The molecule has 2 fully saturated rings. The minimum absolute atomic E-state index is 1.03. The maximum atomic E-state index is 3.21. The molecule has 2 aliphatic rings. The summed E-state index contributed by atoms with van der Waals surface area (Å²) in [4.78, 5) is 5.26. The van der Waals surface area contributed by atoms with E-state index in [1.807, 2.05) is 7.05 Å². The number of hydrogen-bond acceptors (Lipinski definition) is 3. The van der Waals surface area contributed by atoms with E-state index in [-0.39, 0.29) is 0 Å². The molecule has 0 spiro atoms. The number of likely N-dealkylation sites (N-methyl/N-ethyl adjacent to an activating group) is 1. The van der Waals surface area contributed by atoms with Gasteiger partial charge in [0.05, 0.1) is 0 Å². The Balaban J connectivity index is 1.41. The van der Waals surface area contributed by atoms with Crippen molar-refractivity contribution in [1.82, 2.24) is 15.1 Å². The Morgan fingerprint density at radius 3 is 2.19 bits per heavy atom. The van der Waals surface area contributed by atoms with Crippen molar-refractivity contribution in [2.24, 2.45) is 5.92 Å². The van der Waals surface area contributed by atoms with Crippen molar-refractivity contribution in [3.63, 3.8) is 0 Å². The van der Waals surface area contributed by atoms with Crippen LogP contribution in [-0.4, -0.2) is 56.1 Å². The molecule has 1 aromatic rings. The average Bonchev–Trinajstić information content (AvgIpc) is 3.33. The zero-order valence-corrected chi connectivity index (χ0v) is 13.4. The summed E-state index contributed by atoms with van der Waals surface area (Å²) in [5.74, 6) is 1.03. The van der Waals surface area contributed by atoms with E-state index >= 15 is 0 Å². The fraction of sp³-hybridized carbons (Fsp3) is 0.667. The van der Waals surface area contributed by atoms with Crippen molar-refractivity contribution in [3.05, 3.63) is 35.4 Å². The van der Waals surface area contributed by atoms with Crippen LogP contribution in [0, 0.1) is 5.92 Å². The second-order valence-corrected chi connectivity index (χ2v) is 6.69. The molecule has 1 heterocycles. The van der Waals surface area contributed by atoms with Gasteiger partial charge in [-0.1, -0.05) is 24.3 Å². The van der Waals surface area contributed by atoms with Gasteiger partial charge in [0, 0.05) is 39.3 Å². The van der Waals surface area contributed by atoms with Crippen LogP contribution in [-0.2, 0) is 13.0 Å². The Labute approximate surface area is 129 Å². The molecule has 3 rings (SSSR count). The third-order valence-electron chi connectivity index (χ3n) is 4.77. The van der Waals surface area contributed by atoms with Crippen LogP contribution in [0.5, 0.6) is 0 Å². The molecule has 21 heavy (non-hydrogen) atoms. The predicted octanol–water partition coefficient (Wildman–Crippen LogP) is 1.98. The fourth-order valence-corrected chi connectivity index (χ4v) is 3.13. The second-order valence-electron chi connectivity index (χ2n) is 6.69. The number of nitrogens with one attached hydrogen (secondary N) is 1. The first kappa shape index (κ1) is 15.0. The number of piperazine rings is 1. The molecule has 0 amide bonds. The average molecular weight is 287 g/mol. The summed E-state index contributed by atoms with van der Waals surface area (Å²) in [7, 11) is 2.01. The van der Waals surface area contributed by atoms with E-state index in [0.29, 0.717) is 0 Å². The minimum atomic E-state index is 1.03. The molecule has 1 aromatic carbocycles. The first-order valence-corrected chi connectivity index (χ1v) is 8.50. The molecule has 1 aliphatic heterocycles. The van der Waals surface area contributed by atoms with E-state index in [4.69, 9.17) is 0 Å². The van der Waals surface area contributed by atoms with Crippen molar-refractivity contribution < 1.29 is 0 Å². The number of hydrogen-bond donors (Lipinski definition) is 1. The first-order valence-electron chi connectivity index (χ1n) is 8.50. The first-order chi connectivity index (χ1) is 10.3. The van der Waals surface area contributed by atoms with Crippen LogP contribution in [0.15, 0.2) is 24.3 Å². The smallest absolute Gasteiger partial charge is 0.0234 e. The van der Waals surface area contributed by atoms with Gasteiger partial charge >= 0.3 is 0 Å². The summed E-state index contributed by atoms with van der Waals surface area (Å²) in [5.41, 5.74) is 2.89. The standard InChI is InChI=1S/C18H29N3/c1-19-9-8-16-2-4-17(5-3-16)14-20-10-12-21(13-11-20)15-18-6-7-18/h2-5,18-19H,6-15H2,1H3. The van der Waals surface area contributed by atoms with E-state index in [1.165, 1.54) is 56.7 Å². The summed E-state index contributed by atoms with van der Waals surface area (Å²) in [5, 5.41) is 3.21. The minimum Gasteiger partial charge on any atom is -0.319 e. The van der Waals surface area contributed by atoms with Crippen molar-refractivity contribution in [2.75, 3.05) is 46.3 Å². The van der Waals surface area contributed by atoms with Gasteiger partial charge in [-0.25, -0.2) is 0 Å². The monoisotopic (exact) mass is 287 g/mol. The van der Waals surface area contributed by atoms with Crippen molar-refractivity contribution >= 4 is 0 Å². The molecule has 0 bridgehead atoms. The maximum absolute atomic E-state index is 3.21. The molecular weight excluding hydrogens is 258 g/mol. The van der Waals surface area contributed by atoms with Crippen molar-refractivity contribution in [3.8, 4) is 0 Å². The summed E-state index contributed by atoms with van der Waals surface area (Å²) in [6.45, 7) is 8.51. The molecule has 0 radical (unpaired) electrons. The summed E-state index contributed by atoms with van der Waals surface area (Å²) in [6, 6.07) is 9.19. The van der Waals surface area contributed by atoms with E-state index in [1.54, 1.807) is 0 Å². The Morgan fingerprint density at radius 2 is 1.57 bits per heavy atom. The summed E-state index contributed by atoms with van der Waals surface area (Å²) in [6.07, 6.45) is 4.07. The number of benzene rings is 1. The van der Waals surface area contributed by atoms with Crippen LogP contribution in [0.3, 0.4) is 0 Å². The van der Waals surface area contributed by atoms with Crippen molar-refractivity contribution in [1.29, 1.82) is 0 Å². The van der Waals surface area contributed by atoms with E-state index in [9.17, 15) is 0 Å². The van der Waals surface area contributed by atoms with Gasteiger partial charge in [0.1, 0.15) is 0 Å². The second kappa shape index (κ2) is 7.39. The van der Waals surface area contributed by atoms with Gasteiger partial charge in [0.2, 0.25) is 0 Å². The summed E-state index contributed by atoms with van der Waals surface area (Å²) < 4.78 is 0. The molecule has 1 saturated carbocycles. The lowest BCUT2D eigenvalue weighted by atomic mass is 10.1. The van der Waals surface area contributed by atoms with Crippen LogP contribution in [0.2, 0.25) is 0 Å². The highest BCUT2D eigenvalue weighted by Crippen LogP contribution is 2.29. The molecule has 0 unspecified atom stereocenters. The molecule has 0 aromatic heterocycles. The molecule has 3 nitrogen and oxygen atoms in total. The molecule has 1 aliphatic carbocycles. The molecule has 1 N–H and O–H groups in total. The van der Waals surface area contributed by atoms with Crippen LogP contribution >= 0.6 is 0 Å². The van der Waals surface area contributed by atoms with Gasteiger partial charge in [-0.05, 0) is 49.9 Å². The third kappa shape index (κ3) is 4.80. The number of rotatable bonds is 7. The highest BCUT2D eigenvalue weighted by atomic mass is 15.3. The lowest BCUT2D eigenvalue weighted by molar-refractivity contribution is 0.123. The Hall–Kier alpha value is -0.900. The number of nitrogens with zero attached hydrogens (tertiary/aromatic N) is 2. The van der Waals surface area contributed by atoms with E-state index in [0.717, 1.165) is 25.4 Å².